The predicted octanol–water partition coefficient (Wildman–Crippen LogP) is 8.05. The topological polar surface area (TPSA) is 48.7 Å². The highest BCUT2D eigenvalue weighted by molar-refractivity contribution is 6.36. The summed E-state index contributed by atoms with van der Waals surface area (Å²) >= 11 is 25.3. The van der Waals surface area contributed by atoms with Gasteiger partial charge in [0.05, 0.1) is 0 Å². The second-order valence-corrected chi connectivity index (χ2v) is 9.58. The standard InChI is InChI=1S/C26H18Cl4O4/c27-19-6-2-7-20(28)17(19)12-32-23-11-10-15-14-4-1-5-16(14)26(31)34-24(15)25(23)33-13-18-21(29)8-3-9-22(18)30/h2-3,6-11H,1,4-5,12-13H2. The van der Waals surface area contributed by atoms with Gasteiger partial charge >= 0.3 is 5.63 Å². The van der Waals surface area contributed by atoms with Crippen molar-refractivity contribution in [3.8, 4) is 11.5 Å². The largest absolute Gasteiger partial charge is 0.485 e. The van der Waals surface area contributed by atoms with Gasteiger partial charge in [-0.2, -0.15) is 0 Å². The van der Waals surface area contributed by atoms with Gasteiger partial charge in [-0.05, 0) is 61.2 Å². The number of aryl methyl sites for hydroxylation is 1. The normalized spacial score (nSPS) is 12.7. The minimum Gasteiger partial charge on any atom is -0.485 e. The predicted molar refractivity (Wildman–Crippen MR) is 136 cm³/mol. The SMILES string of the molecule is O=c1oc2c(OCc3c(Cl)cccc3Cl)c(OCc3c(Cl)cccc3Cl)ccc2c2c1CCC2. The molecule has 4 aromatic rings. The lowest BCUT2D eigenvalue weighted by Gasteiger charge is -2.17. The fourth-order valence-corrected chi connectivity index (χ4v) is 5.20. The molecule has 5 rings (SSSR count). The van der Waals surface area contributed by atoms with Gasteiger partial charge in [0.1, 0.15) is 13.2 Å². The average molecular weight is 536 g/mol. The van der Waals surface area contributed by atoms with Gasteiger partial charge in [0.15, 0.2) is 11.3 Å². The van der Waals surface area contributed by atoms with Crippen LogP contribution in [0.5, 0.6) is 11.5 Å². The van der Waals surface area contributed by atoms with Crippen LogP contribution in [0.4, 0.5) is 0 Å². The van der Waals surface area contributed by atoms with E-state index >= 15 is 0 Å². The molecule has 0 N–H and O–H groups in total. The van der Waals surface area contributed by atoms with Crippen LogP contribution < -0.4 is 15.1 Å². The number of fused-ring (bicyclic) bond motifs is 3. The molecule has 0 radical (unpaired) electrons. The van der Waals surface area contributed by atoms with Crippen LogP contribution in [0.15, 0.2) is 57.7 Å². The van der Waals surface area contributed by atoms with Crippen LogP contribution in [-0.4, -0.2) is 0 Å². The molecule has 0 spiro atoms. The van der Waals surface area contributed by atoms with Gasteiger partial charge in [0.25, 0.3) is 0 Å². The summed E-state index contributed by atoms with van der Waals surface area (Å²) in [5.41, 5.74) is 2.95. The highest BCUT2D eigenvalue weighted by Gasteiger charge is 2.24. The average Bonchev–Trinajstić information content (AvgIpc) is 3.30. The zero-order valence-electron chi connectivity index (χ0n) is 17.8. The molecule has 0 saturated carbocycles. The fourth-order valence-electron chi connectivity index (χ4n) is 4.19. The molecule has 174 valence electrons. The lowest BCUT2D eigenvalue weighted by Crippen LogP contribution is -2.09. The Morgan fingerprint density at radius 2 is 1.29 bits per heavy atom. The van der Waals surface area contributed by atoms with Gasteiger partial charge in [-0.25, -0.2) is 4.79 Å². The Morgan fingerprint density at radius 3 is 1.91 bits per heavy atom. The van der Waals surface area contributed by atoms with Crippen molar-refractivity contribution in [2.24, 2.45) is 0 Å². The molecular formula is C26H18Cl4O4. The third-order valence-electron chi connectivity index (χ3n) is 5.92. The summed E-state index contributed by atoms with van der Waals surface area (Å²) < 4.78 is 18.0. The Labute approximate surface area is 215 Å². The van der Waals surface area contributed by atoms with Crippen molar-refractivity contribution in [3.05, 3.63) is 101 Å². The molecule has 8 heteroatoms. The molecule has 0 bridgehead atoms. The van der Waals surface area contributed by atoms with Crippen LogP contribution in [-0.2, 0) is 26.1 Å². The number of halogens is 4. The molecule has 3 aromatic carbocycles. The molecule has 1 aliphatic carbocycles. The second-order valence-electron chi connectivity index (χ2n) is 7.95. The van der Waals surface area contributed by atoms with E-state index in [0.717, 1.165) is 29.4 Å². The third-order valence-corrected chi connectivity index (χ3v) is 7.33. The smallest absolute Gasteiger partial charge is 0.339 e. The lowest BCUT2D eigenvalue weighted by molar-refractivity contribution is 0.255. The van der Waals surface area contributed by atoms with Crippen molar-refractivity contribution in [1.82, 2.24) is 0 Å². The van der Waals surface area contributed by atoms with E-state index in [1.807, 2.05) is 6.07 Å². The maximum Gasteiger partial charge on any atom is 0.339 e. The van der Waals surface area contributed by atoms with E-state index in [-0.39, 0.29) is 18.8 Å². The van der Waals surface area contributed by atoms with E-state index in [2.05, 4.69) is 0 Å². The Morgan fingerprint density at radius 1 is 0.735 bits per heavy atom. The summed E-state index contributed by atoms with van der Waals surface area (Å²) in [6, 6.07) is 14.2. The molecule has 4 nitrogen and oxygen atoms in total. The Bertz CT molecular complexity index is 1420. The Kier molecular flexibility index (Phi) is 6.67. The van der Waals surface area contributed by atoms with Crippen LogP contribution >= 0.6 is 46.4 Å². The zero-order valence-corrected chi connectivity index (χ0v) is 20.8. The van der Waals surface area contributed by atoms with Gasteiger partial charge in [0.2, 0.25) is 5.75 Å². The highest BCUT2D eigenvalue weighted by atomic mass is 35.5. The van der Waals surface area contributed by atoms with Crippen molar-refractivity contribution in [3.63, 3.8) is 0 Å². The Hall–Kier alpha value is -2.37. The first-order valence-electron chi connectivity index (χ1n) is 10.7. The van der Waals surface area contributed by atoms with Gasteiger partial charge < -0.3 is 13.9 Å². The molecule has 34 heavy (non-hydrogen) atoms. The van der Waals surface area contributed by atoms with Crippen molar-refractivity contribution in [2.45, 2.75) is 32.5 Å². The summed E-state index contributed by atoms with van der Waals surface area (Å²) in [5.74, 6) is 0.677. The first-order chi connectivity index (χ1) is 16.4. The molecule has 0 saturated heterocycles. The van der Waals surface area contributed by atoms with Crippen molar-refractivity contribution in [2.75, 3.05) is 0 Å². The molecule has 1 aromatic heterocycles. The molecular weight excluding hydrogens is 518 g/mol. The van der Waals surface area contributed by atoms with E-state index in [9.17, 15) is 4.79 Å². The second kappa shape index (κ2) is 9.71. The van der Waals surface area contributed by atoms with E-state index in [1.54, 1.807) is 42.5 Å². The monoisotopic (exact) mass is 534 g/mol. The number of rotatable bonds is 6. The van der Waals surface area contributed by atoms with E-state index in [1.165, 1.54) is 0 Å². The van der Waals surface area contributed by atoms with Gasteiger partial charge in [0, 0.05) is 42.2 Å². The van der Waals surface area contributed by atoms with E-state index in [4.69, 9.17) is 60.3 Å². The quantitative estimate of drug-likeness (QED) is 0.234. The third kappa shape index (κ3) is 4.36. The summed E-state index contributed by atoms with van der Waals surface area (Å²) in [6.07, 6.45) is 2.43. The zero-order chi connectivity index (χ0) is 23.8. The molecule has 0 atom stereocenters. The van der Waals surface area contributed by atoms with Crippen LogP contribution in [0.2, 0.25) is 20.1 Å². The summed E-state index contributed by atoms with van der Waals surface area (Å²) in [7, 11) is 0. The van der Waals surface area contributed by atoms with Crippen molar-refractivity contribution < 1.29 is 13.9 Å². The van der Waals surface area contributed by atoms with Crippen LogP contribution in [0.1, 0.15) is 28.7 Å². The summed E-state index contributed by atoms with van der Waals surface area (Å²) in [6.45, 7) is 0.157. The molecule has 0 unspecified atom stereocenters. The fraction of sp³-hybridized carbons (Fsp3) is 0.192. The number of hydrogen-bond donors (Lipinski definition) is 0. The molecule has 0 aliphatic heterocycles. The van der Waals surface area contributed by atoms with Crippen molar-refractivity contribution in [1.29, 1.82) is 0 Å². The van der Waals surface area contributed by atoms with Gasteiger partial charge in [-0.1, -0.05) is 58.5 Å². The highest BCUT2D eigenvalue weighted by Crippen LogP contribution is 2.41. The van der Waals surface area contributed by atoms with Crippen LogP contribution in [0.3, 0.4) is 0 Å². The maximum atomic E-state index is 12.7. The molecule has 0 fully saturated rings. The van der Waals surface area contributed by atoms with Gasteiger partial charge in [-0.15, -0.1) is 0 Å². The Balaban J connectivity index is 1.58. The molecule has 1 heterocycles. The molecule has 0 amide bonds. The maximum absolute atomic E-state index is 12.7. The minimum atomic E-state index is -0.355. The first-order valence-corrected chi connectivity index (χ1v) is 12.2. The minimum absolute atomic E-state index is 0.0572. The number of hydrogen-bond acceptors (Lipinski definition) is 4. The van der Waals surface area contributed by atoms with Gasteiger partial charge in [-0.3, -0.25) is 0 Å². The lowest BCUT2D eigenvalue weighted by atomic mass is 10.1. The van der Waals surface area contributed by atoms with E-state index < -0.39 is 0 Å². The van der Waals surface area contributed by atoms with E-state index in [0.29, 0.717) is 54.7 Å². The van der Waals surface area contributed by atoms with Crippen molar-refractivity contribution >= 4 is 57.4 Å². The van der Waals surface area contributed by atoms with Crippen LogP contribution in [0, 0.1) is 0 Å². The summed E-state index contributed by atoms with van der Waals surface area (Å²) in [5, 5.41) is 2.75. The molecule has 1 aliphatic rings. The number of benzene rings is 3. The summed E-state index contributed by atoms with van der Waals surface area (Å²) in [4.78, 5) is 12.7. The number of ether oxygens (including phenoxy) is 2. The van der Waals surface area contributed by atoms with Crippen LogP contribution in [0.25, 0.3) is 11.0 Å². The first kappa shape index (κ1) is 23.4.